The van der Waals surface area contributed by atoms with Gasteiger partial charge in [0.05, 0.1) is 19.8 Å². The molecule has 0 spiro atoms. The average Bonchev–Trinajstić information content (AvgIpc) is 2.56. The number of carbonyl (C=O) groups excluding carboxylic acids is 1. The Morgan fingerprint density at radius 3 is 2.59 bits per heavy atom. The number of hydrogen-bond donors (Lipinski definition) is 1. The number of unbranched alkanes of at least 4 members (excludes halogenated alkanes) is 1. The molecule has 2 atom stereocenters. The Balaban J connectivity index is 2.66. The zero-order valence-corrected chi connectivity index (χ0v) is 13.1. The minimum Gasteiger partial charge on any atom is -0.443 e. The molecule has 5 nitrogen and oxygen atoms in total. The van der Waals surface area contributed by atoms with Crippen LogP contribution in [0.2, 0.25) is 0 Å². The van der Waals surface area contributed by atoms with Crippen molar-refractivity contribution < 1.29 is 23.9 Å². The SMILES string of the molecule is CCCC[C@H]([C@H](F)CO)N(OC)C(=O)OCc1ccccc1. The Labute approximate surface area is 130 Å². The number of ether oxygens (including phenoxy) is 1. The Hall–Kier alpha value is -1.66. The molecule has 0 aromatic heterocycles. The molecule has 1 amide bonds. The Kier molecular flexibility index (Phi) is 8.47. The summed E-state index contributed by atoms with van der Waals surface area (Å²) in [6, 6.07) is 8.32. The number of hydrogen-bond acceptors (Lipinski definition) is 4. The monoisotopic (exact) mass is 313 g/mol. The lowest BCUT2D eigenvalue weighted by Crippen LogP contribution is -2.46. The molecule has 6 heteroatoms. The van der Waals surface area contributed by atoms with Crippen LogP contribution in [-0.4, -0.2) is 42.2 Å². The van der Waals surface area contributed by atoms with Gasteiger partial charge in [-0.1, -0.05) is 50.1 Å². The number of halogens is 1. The van der Waals surface area contributed by atoms with Crippen molar-refractivity contribution in [2.24, 2.45) is 0 Å². The van der Waals surface area contributed by atoms with E-state index in [1.54, 1.807) is 0 Å². The van der Waals surface area contributed by atoms with Crippen molar-refractivity contribution in [2.75, 3.05) is 13.7 Å². The molecule has 1 aromatic rings. The van der Waals surface area contributed by atoms with Gasteiger partial charge in [0.1, 0.15) is 12.8 Å². The number of benzene rings is 1. The molecule has 0 bridgehead atoms. The van der Waals surface area contributed by atoms with Crippen molar-refractivity contribution in [3.63, 3.8) is 0 Å². The summed E-state index contributed by atoms with van der Waals surface area (Å²) in [5.74, 6) is 0. The molecule has 1 N–H and O–H groups in total. The van der Waals surface area contributed by atoms with Crippen LogP contribution >= 0.6 is 0 Å². The van der Waals surface area contributed by atoms with Crippen LogP contribution in [-0.2, 0) is 16.2 Å². The van der Waals surface area contributed by atoms with E-state index in [4.69, 9.17) is 14.7 Å². The van der Waals surface area contributed by atoms with E-state index in [0.717, 1.165) is 23.5 Å². The molecule has 1 rings (SSSR count). The number of aliphatic hydroxyl groups excluding tert-OH is 1. The molecule has 0 heterocycles. The number of hydroxylamine groups is 2. The maximum Gasteiger partial charge on any atom is 0.434 e. The minimum atomic E-state index is -1.57. The average molecular weight is 313 g/mol. The molecule has 0 radical (unpaired) electrons. The van der Waals surface area contributed by atoms with Gasteiger partial charge in [-0.05, 0) is 12.0 Å². The summed E-state index contributed by atoms with van der Waals surface area (Å²) in [6.45, 7) is 1.38. The summed E-state index contributed by atoms with van der Waals surface area (Å²) < 4.78 is 19.1. The van der Waals surface area contributed by atoms with E-state index in [-0.39, 0.29) is 6.61 Å². The fourth-order valence-corrected chi connectivity index (χ4v) is 2.11. The van der Waals surface area contributed by atoms with Gasteiger partial charge in [-0.3, -0.25) is 4.84 Å². The number of carbonyl (C=O) groups is 1. The highest BCUT2D eigenvalue weighted by Crippen LogP contribution is 2.17. The number of nitrogens with zero attached hydrogens (tertiary/aromatic N) is 1. The third-order valence-corrected chi connectivity index (χ3v) is 3.33. The summed E-state index contributed by atoms with van der Waals surface area (Å²) in [5.41, 5.74) is 0.830. The quantitative estimate of drug-likeness (QED) is 0.712. The number of rotatable bonds is 9. The van der Waals surface area contributed by atoms with Crippen LogP contribution in [0.3, 0.4) is 0 Å². The van der Waals surface area contributed by atoms with Crippen molar-refractivity contribution in [2.45, 2.75) is 45.0 Å². The van der Waals surface area contributed by atoms with Gasteiger partial charge in [-0.15, -0.1) is 0 Å². The first-order valence-electron chi connectivity index (χ1n) is 7.43. The molecule has 0 aliphatic heterocycles. The second-order valence-electron chi connectivity index (χ2n) is 4.96. The second-order valence-corrected chi connectivity index (χ2v) is 4.96. The number of alkyl halides is 1. The lowest BCUT2D eigenvalue weighted by Gasteiger charge is -2.30. The van der Waals surface area contributed by atoms with Gasteiger partial charge in [-0.2, -0.15) is 5.06 Å². The van der Waals surface area contributed by atoms with Crippen LogP contribution in [0.25, 0.3) is 0 Å². The van der Waals surface area contributed by atoms with Gasteiger partial charge in [0, 0.05) is 0 Å². The predicted molar refractivity (Wildman–Crippen MR) is 80.8 cm³/mol. The van der Waals surface area contributed by atoms with Gasteiger partial charge >= 0.3 is 6.09 Å². The van der Waals surface area contributed by atoms with Gasteiger partial charge < -0.3 is 9.84 Å². The van der Waals surface area contributed by atoms with Gasteiger partial charge in [0.25, 0.3) is 0 Å². The Morgan fingerprint density at radius 2 is 2.05 bits per heavy atom. The lowest BCUT2D eigenvalue weighted by atomic mass is 10.1. The maximum absolute atomic E-state index is 13.9. The molecule has 0 saturated heterocycles. The smallest absolute Gasteiger partial charge is 0.434 e. The van der Waals surface area contributed by atoms with Crippen LogP contribution in [0.4, 0.5) is 9.18 Å². The molecule has 0 aliphatic carbocycles. The third-order valence-electron chi connectivity index (χ3n) is 3.33. The lowest BCUT2D eigenvalue weighted by molar-refractivity contribution is -0.157. The third kappa shape index (κ3) is 5.61. The molecule has 124 valence electrons. The summed E-state index contributed by atoms with van der Waals surface area (Å²) in [4.78, 5) is 17.1. The topological polar surface area (TPSA) is 59.0 Å². The van der Waals surface area contributed by atoms with E-state index >= 15 is 0 Å². The van der Waals surface area contributed by atoms with E-state index in [1.165, 1.54) is 7.11 Å². The van der Waals surface area contributed by atoms with Crippen molar-refractivity contribution in [1.29, 1.82) is 0 Å². The highest BCUT2D eigenvalue weighted by molar-refractivity contribution is 5.66. The van der Waals surface area contributed by atoms with Crippen molar-refractivity contribution in [3.8, 4) is 0 Å². The number of amides is 1. The van der Waals surface area contributed by atoms with Crippen molar-refractivity contribution in [1.82, 2.24) is 5.06 Å². The summed E-state index contributed by atoms with van der Waals surface area (Å²) >= 11 is 0. The van der Waals surface area contributed by atoms with Crippen LogP contribution in [0.15, 0.2) is 30.3 Å². The van der Waals surface area contributed by atoms with E-state index in [0.29, 0.717) is 6.42 Å². The molecular formula is C16H24FNO4. The minimum absolute atomic E-state index is 0.0795. The van der Waals surface area contributed by atoms with Gasteiger partial charge in [0.2, 0.25) is 0 Å². The largest absolute Gasteiger partial charge is 0.443 e. The van der Waals surface area contributed by atoms with Crippen LogP contribution in [0.1, 0.15) is 31.7 Å². The van der Waals surface area contributed by atoms with E-state index in [2.05, 4.69) is 0 Å². The first kappa shape index (κ1) is 18.4. The molecule has 0 fully saturated rings. The molecule has 0 unspecified atom stereocenters. The second kappa shape index (κ2) is 10.1. The number of aliphatic hydroxyl groups is 1. The summed E-state index contributed by atoms with van der Waals surface area (Å²) in [6.07, 6.45) is -0.367. The standard InChI is InChI=1S/C16H24FNO4/c1-3-4-10-15(14(17)11-19)18(21-2)16(20)22-12-13-8-6-5-7-9-13/h5-9,14-15,19H,3-4,10-12H2,1-2H3/t14-,15-/m1/s1. The van der Waals surface area contributed by atoms with Crippen molar-refractivity contribution >= 4 is 6.09 Å². The van der Waals surface area contributed by atoms with E-state index in [1.807, 2.05) is 37.3 Å². The molecule has 0 saturated carbocycles. The van der Waals surface area contributed by atoms with Crippen LogP contribution in [0, 0.1) is 0 Å². The highest BCUT2D eigenvalue weighted by Gasteiger charge is 2.32. The van der Waals surface area contributed by atoms with Crippen LogP contribution < -0.4 is 0 Å². The zero-order valence-electron chi connectivity index (χ0n) is 13.1. The maximum atomic E-state index is 13.9. The Bertz CT molecular complexity index is 429. The molecule has 0 aliphatic rings. The first-order valence-corrected chi connectivity index (χ1v) is 7.43. The summed E-state index contributed by atoms with van der Waals surface area (Å²) in [7, 11) is 1.28. The normalized spacial score (nSPS) is 13.5. The molecule has 22 heavy (non-hydrogen) atoms. The van der Waals surface area contributed by atoms with Gasteiger partial charge in [-0.25, -0.2) is 9.18 Å². The fourth-order valence-electron chi connectivity index (χ4n) is 2.11. The summed E-state index contributed by atoms with van der Waals surface area (Å²) in [5, 5.41) is 9.90. The van der Waals surface area contributed by atoms with Crippen molar-refractivity contribution in [3.05, 3.63) is 35.9 Å². The van der Waals surface area contributed by atoms with E-state index < -0.39 is 24.9 Å². The van der Waals surface area contributed by atoms with Crippen LogP contribution in [0.5, 0.6) is 0 Å². The van der Waals surface area contributed by atoms with E-state index in [9.17, 15) is 9.18 Å². The predicted octanol–water partition coefficient (Wildman–Crippen LogP) is 3.08. The molecular weight excluding hydrogens is 289 g/mol. The molecule has 1 aromatic carbocycles. The first-order chi connectivity index (χ1) is 10.6. The Morgan fingerprint density at radius 1 is 1.36 bits per heavy atom. The fraction of sp³-hybridized carbons (Fsp3) is 0.562. The zero-order chi connectivity index (χ0) is 16.4. The van der Waals surface area contributed by atoms with Gasteiger partial charge in [0.15, 0.2) is 0 Å². The highest BCUT2D eigenvalue weighted by atomic mass is 19.1.